The maximum Gasteiger partial charge on any atom is 0.264 e. The third-order valence-electron chi connectivity index (χ3n) is 3.04. The average molecular weight is 320 g/mol. The summed E-state index contributed by atoms with van der Waals surface area (Å²) < 4.78 is 26.9. The van der Waals surface area contributed by atoms with Crippen molar-refractivity contribution < 1.29 is 8.42 Å². The number of para-hydroxylation sites is 1. The van der Waals surface area contributed by atoms with Crippen LogP contribution in [0.3, 0.4) is 0 Å². The van der Waals surface area contributed by atoms with E-state index in [2.05, 4.69) is 0 Å². The highest BCUT2D eigenvalue weighted by molar-refractivity contribution is 7.92. The number of sulfonamides is 1. The minimum absolute atomic E-state index is 0.176. The molecule has 2 aromatic carbocycles. The van der Waals surface area contributed by atoms with Gasteiger partial charge in [-0.25, -0.2) is 8.42 Å². The van der Waals surface area contributed by atoms with E-state index in [9.17, 15) is 8.42 Å². The Kier molecular flexibility index (Phi) is 4.59. The summed E-state index contributed by atoms with van der Waals surface area (Å²) in [5.41, 5.74) is 6.73. The third-order valence-corrected chi connectivity index (χ3v) is 5.17. The number of nitrogens with zero attached hydrogens (tertiary/aromatic N) is 1. The van der Waals surface area contributed by atoms with Crippen molar-refractivity contribution >= 4 is 32.9 Å². The van der Waals surface area contributed by atoms with Gasteiger partial charge in [0.2, 0.25) is 0 Å². The van der Waals surface area contributed by atoms with E-state index in [-0.39, 0.29) is 9.88 Å². The molecular formula is C15H16N2O2S2. The predicted molar refractivity (Wildman–Crippen MR) is 89.0 cm³/mol. The van der Waals surface area contributed by atoms with Crippen molar-refractivity contribution in [3.8, 4) is 0 Å². The zero-order chi connectivity index (χ0) is 15.5. The Hall–Kier alpha value is -1.92. The first kappa shape index (κ1) is 15.5. The topological polar surface area (TPSA) is 63.4 Å². The number of thiocarbonyl (C=S) groups is 1. The summed E-state index contributed by atoms with van der Waals surface area (Å²) in [6.45, 7) is 2.13. The minimum Gasteiger partial charge on any atom is -0.389 e. The lowest BCUT2D eigenvalue weighted by molar-refractivity contribution is 0.592. The first-order valence-electron chi connectivity index (χ1n) is 6.44. The molecule has 0 aliphatic carbocycles. The van der Waals surface area contributed by atoms with Crippen LogP contribution < -0.4 is 10.0 Å². The van der Waals surface area contributed by atoms with Crippen LogP contribution >= 0.6 is 12.2 Å². The van der Waals surface area contributed by atoms with Gasteiger partial charge in [0.15, 0.2) is 0 Å². The smallest absolute Gasteiger partial charge is 0.264 e. The maximum absolute atomic E-state index is 12.8. The molecular weight excluding hydrogens is 304 g/mol. The van der Waals surface area contributed by atoms with Crippen LogP contribution in [0.25, 0.3) is 0 Å². The van der Waals surface area contributed by atoms with Crippen LogP contribution in [0, 0.1) is 0 Å². The van der Waals surface area contributed by atoms with Crippen LogP contribution in [0.2, 0.25) is 0 Å². The molecule has 0 unspecified atom stereocenters. The fraction of sp³-hybridized carbons (Fsp3) is 0.133. The van der Waals surface area contributed by atoms with Crippen molar-refractivity contribution in [3.63, 3.8) is 0 Å². The van der Waals surface area contributed by atoms with Gasteiger partial charge in [-0.05, 0) is 31.2 Å². The van der Waals surface area contributed by atoms with Gasteiger partial charge in [-0.1, -0.05) is 42.5 Å². The summed E-state index contributed by atoms with van der Waals surface area (Å²) in [4.78, 5) is 0.355. The second-order valence-electron chi connectivity index (χ2n) is 4.40. The molecule has 0 radical (unpaired) electrons. The van der Waals surface area contributed by atoms with Crippen LogP contribution in [-0.4, -0.2) is 20.0 Å². The minimum atomic E-state index is -3.64. The summed E-state index contributed by atoms with van der Waals surface area (Å²) in [5.74, 6) is 0. The largest absolute Gasteiger partial charge is 0.389 e. The molecule has 0 bridgehead atoms. The Morgan fingerprint density at radius 3 is 2.38 bits per heavy atom. The average Bonchev–Trinajstić information content (AvgIpc) is 2.49. The molecule has 2 aromatic rings. The molecule has 0 aliphatic heterocycles. The van der Waals surface area contributed by atoms with Gasteiger partial charge >= 0.3 is 0 Å². The van der Waals surface area contributed by atoms with E-state index in [1.165, 1.54) is 10.4 Å². The zero-order valence-electron chi connectivity index (χ0n) is 11.6. The molecule has 0 aliphatic rings. The van der Waals surface area contributed by atoms with Gasteiger partial charge in [-0.2, -0.15) is 0 Å². The van der Waals surface area contributed by atoms with Gasteiger partial charge < -0.3 is 5.73 Å². The second-order valence-corrected chi connectivity index (χ2v) is 6.70. The summed E-state index contributed by atoms with van der Waals surface area (Å²) in [7, 11) is -3.64. The highest BCUT2D eigenvalue weighted by atomic mass is 32.2. The summed E-state index contributed by atoms with van der Waals surface area (Å²) in [6, 6.07) is 15.4. The normalized spacial score (nSPS) is 11.1. The van der Waals surface area contributed by atoms with E-state index in [1.807, 2.05) is 6.07 Å². The van der Waals surface area contributed by atoms with Crippen molar-refractivity contribution in [1.82, 2.24) is 0 Å². The Bertz CT molecular complexity index is 743. The lowest BCUT2D eigenvalue weighted by atomic mass is 10.2. The molecule has 4 nitrogen and oxygen atoms in total. The number of anilines is 1. The van der Waals surface area contributed by atoms with Gasteiger partial charge in [-0.15, -0.1) is 0 Å². The van der Waals surface area contributed by atoms with E-state index in [1.54, 1.807) is 49.4 Å². The number of rotatable bonds is 5. The van der Waals surface area contributed by atoms with Crippen LogP contribution in [0.5, 0.6) is 0 Å². The monoisotopic (exact) mass is 320 g/mol. The Morgan fingerprint density at radius 1 is 1.14 bits per heavy atom. The van der Waals surface area contributed by atoms with Crippen LogP contribution in [-0.2, 0) is 10.0 Å². The van der Waals surface area contributed by atoms with Crippen LogP contribution in [0.1, 0.15) is 12.5 Å². The van der Waals surface area contributed by atoms with Gasteiger partial charge in [0.1, 0.15) is 4.99 Å². The summed E-state index contributed by atoms with van der Waals surface area (Å²) in [5, 5.41) is 0. The van der Waals surface area contributed by atoms with Crippen molar-refractivity contribution in [3.05, 3.63) is 60.2 Å². The van der Waals surface area contributed by atoms with Crippen molar-refractivity contribution in [2.45, 2.75) is 11.8 Å². The lowest BCUT2D eigenvalue weighted by Crippen LogP contribution is -2.30. The van der Waals surface area contributed by atoms with Crippen molar-refractivity contribution in [1.29, 1.82) is 0 Å². The molecule has 0 amide bonds. The molecule has 6 heteroatoms. The summed E-state index contributed by atoms with van der Waals surface area (Å²) in [6.07, 6.45) is 0. The maximum atomic E-state index is 12.8. The van der Waals surface area contributed by atoms with Gasteiger partial charge in [0, 0.05) is 12.1 Å². The number of hydrogen-bond donors (Lipinski definition) is 1. The third kappa shape index (κ3) is 3.22. The van der Waals surface area contributed by atoms with Crippen LogP contribution in [0.4, 0.5) is 5.69 Å². The highest BCUT2D eigenvalue weighted by Gasteiger charge is 2.23. The van der Waals surface area contributed by atoms with E-state index in [4.69, 9.17) is 18.0 Å². The van der Waals surface area contributed by atoms with Gasteiger partial charge in [0.25, 0.3) is 10.0 Å². The quantitative estimate of drug-likeness (QED) is 0.860. The van der Waals surface area contributed by atoms with Gasteiger partial charge in [-0.3, -0.25) is 4.31 Å². The predicted octanol–water partition coefficient (Wildman–Crippen LogP) is 2.54. The number of nitrogens with two attached hydrogens (primary N) is 1. The fourth-order valence-corrected chi connectivity index (χ4v) is 3.67. The number of hydrogen-bond acceptors (Lipinski definition) is 3. The Labute approximate surface area is 130 Å². The van der Waals surface area contributed by atoms with E-state index >= 15 is 0 Å². The Balaban J connectivity index is 2.50. The van der Waals surface area contributed by atoms with E-state index in [0.717, 1.165) is 0 Å². The molecule has 2 rings (SSSR count). The molecule has 0 atom stereocenters. The van der Waals surface area contributed by atoms with E-state index in [0.29, 0.717) is 17.8 Å². The zero-order valence-corrected chi connectivity index (χ0v) is 13.2. The number of benzene rings is 2. The molecule has 0 saturated heterocycles. The molecule has 2 N–H and O–H groups in total. The van der Waals surface area contributed by atoms with Crippen molar-refractivity contribution in [2.24, 2.45) is 5.73 Å². The first-order valence-corrected chi connectivity index (χ1v) is 8.29. The summed E-state index contributed by atoms with van der Waals surface area (Å²) >= 11 is 4.90. The van der Waals surface area contributed by atoms with Crippen molar-refractivity contribution in [2.75, 3.05) is 10.8 Å². The highest BCUT2D eigenvalue weighted by Crippen LogP contribution is 2.23. The molecule has 0 fully saturated rings. The molecule has 0 heterocycles. The fourth-order valence-electron chi connectivity index (χ4n) is 2.02. The molecule has 110 valence electrons. The lowest BCUT2D eigenvalue weighted by Gasteiger charge is -2.23. The van der Waals surface area contributed by atoms with E-state index < -0.39 is 10.0 Å². The van der Waals surface area contributed by atoms with Gasteiger partial charge in [0.05, 0.1) is 10.6 Å². The Morgan fingerprint density at radius 2 is 1.81 bits per heavy atom. The molecule has 0 saturated carbocycles. The molecule has 0 spiro atoms. The first-order chi connectivity index (χ1) is 9.96. The molecule has 21 heavy (non-hydrogen) atoms. The second kappa shape index (κ2) is 6.24. The molecule has 0 aromatic heterocycles. The standard InChI is InChI=1S/C15H16N2O2S2/c1-2-17(13-8-4-3-5-9-13)21(18,19)14-10-6-7-12(11-14)15(16)20/h3-11H,2H2,1H3,(H2,16,20). The van der Waals surface area contributed by atoms with Crippen LogP contribution in [0.15, 0.2) is 59.5 Å². The SMILES string of the molecule is CCN(c1ccccc1)S(=O)(=O)c1cccc(C(N)=S)c1.